The Balaban J connectivity index is 2.67. The molecule has 0 aliphatic carbocycles. The molecule has 0 aliphatic heterocycles. The first kappa shape index (κ1) is 11.8. The van der Waals surface area contributed by atoms with Crippen LogP contribution < -0.4 is 0 Å². The minimum Gasteiger partial charge on any atom is -0.374 e. The van der Waals surface area contributed by atoms with Crippen LogP contribution in [0.5, 0.6) is 0 Å². The molecule has 0 heterocycles. The fraction of sp³-hybridized carbons (Fsp3) is 0.455. The molecule has 3 heteroatoms. The summed E-state index contributed by atoms with van der Waals surface area (Å²) in [6.07, 6.45) is 0. The van der Waals surface area contributed by atoms with E-state index in [2.05, 4.69) is 43.9 Å². The van der Waals surface area contributed by atoms with Gasteiger partial charge in [-0.25, -0.2) is 0 Å². The zero-order chi connectivity index (χ0) is 10.6. The van der Waals surface area contributed by atoms with Gasteiger partial charge in [0, 0.05) is 12.0 Å². The fourth-order valence-electron chi connectivity index (χ4n) is 1.20. The maximum atomic E-state index is 5.54. The van der Waals surface area contributed by atoms with Crippen LogP contribution in [0.1, 0.15) is 0 Å². The maximum absolute atomic E-state index is 5.54. The highest BCUT2D eigenvalue weighted by atomic mass is 32.2. The van der Waals surface area contributed by atoms with Crippen molar-refractivity contribution in [3.8, 4) is 0 Å². The van der Waals surface area contributed by atoms with Gasteiger partial charge in [0.25, 0.3) is 0 Å². The van der Waals surface area contributed by atoms with Gasteiger partial charge in [-0.1, -0.05) is 49.6 Å². The summed E-state index contributed by atoms with van der Waals surface area (Å²) in [6.45, 7) is 6.99. The van der Waals surface area contributed by atoms with E-state index >= 15 is 0 Å². The Bertz CT molecular complexity index is 268. The molecule has 0 bridgehead atoms. The molecular weight excluding hydrogens is 208 g/mol. The second-order valence-corrected chi connectivity index (χ2v) is 11.2. The molecule has 0 fully saturated rings. The third kappa shape index (κ3) is 3.48. The number of methoxy groups -OCH3 is 1. The zero-order valence-corrected chi connectivity index (χ0v) is 11.1. The van der Waals surface area contributed by atoms with Crippen LogP contribution in [0, 0.1) is 0 Å². The summed E-state index contributed by atoms with van der Waals surface area (Å²) >= 11 is 1.84. The van der Waals surface area contributed by atoms with Crippen molar-refractivity contribution in [3.63, 3.8) is 0 Å². The summed E-state index contributed by atoms with van der Waals surface area (Å²) in [5, 5.41) is 0.338. The van der Waals surface area contributed by atoms with E-state index < -0.39 is 8.07 Å². The van der Waals surface area contributed by atoms with E-state index in [0.717, 1.165) is 0 Å². The van der Waals surface area contributed by atoms with Gasteiger partial charge in [-0.05, 0) is 12.1 Å². The maximum Gasteiger partial charge on any atom is 0.0949 e. The molecule has 1 unspecified atom stereocenters. The molecule has 78 valence electrons. The van der Waals surface area contributed by atoms with Crippen molar-refractivity contribution < 1.29 is 4.74 Å². The minimum atomic E-state index is -1.23. The average molecular weight is 226 g/mol. The topological polar surface area (TPSA) is 9.23 Å². The van der Waals surface area contributed by atoms with Crippen LogP contribution in [0.25, 0.3) is 0 Å². The lowest BCUT2D eigenvalue weighted by atomic mass is 10.4. The smallest absolute Gasteiger partial charge is 0.0949 e. The Kier molecular flexibility index (Phi) is 4.23. The minimum absolute atomic E-state index is 0.338. The Morgan fingerprint density at radius 2 is 1.71 bits per heavy atom. The highest BCUT2D eigenvalue weighted by Gasteiger charge is 2.27. The van der Waals surface area contributed by atoms with E-state index in [9.17, 15) is 0 Å². The van der Waals surface area contributed by atoms with E-state index in [1.54, 1.807) is 7.11 Å². The predicted molar refractivity (Wildman–Crippen MR) is 66.4 cm³/mol. The third-order valence-electron chi connectivity index (χ3n) is 1.91. The Hall–Kier alpha value is -0.253. The first-order valence-corrected chi connectivity index (χ1v) is 9.24. The molecule has 0 aliphatic rings. The standard InChI is InChI=1S/C11H18OSSi/c1-12-11(14(2,3)4)13-10-8-6-5-7-9-10/h5-9,11H,1-4H3. The van der Waals surface area contributed by atoms with Crippen molar-refractivity contribution >= 4 is 19.8 Å². The van der Waals surface area contributed by atoms with Crippen LogP contribution in [-0.2, 0) is 4.74 Å². The lowest BCUT2D eigenvalue weighted by Crippen LogP contribution is -2.36. The molecule has 0 saturated heterocycles. The molecular formula is C11H18OSSi. The number of hydrogen-bond donors (Lipinski definition) is 0. The lowest BCUT2D eigenvalue weighted by Gasteiger charge is -2.26. The summed E-state index contributed by atoms with van der Waals surface area (Å²) < 4.78 is 5.54. The Morgan fingerprint density at radius 3 is 2.14 bits per heavy atom. The monoisotopic (exact) mass is 226 g/mol. The number of benzene rings is 1. The van der Waals surface area contributed by atoms with Crippen LogP contribution in [0.15, 0.2) is 35.2 Å². The largest absolute Gasteiger partial charge is 0.374 e. The number of hydrogen-bond acceptors (Lipinski definition) is 2. The second-order valence-electron chi connectivity index (χ2n) is 4.36. The first-order chi connectivity index (χ1) is 6.54. The van der Waals surface area contributed by atoms with Crippen LogP contribution in [0.2, 0.25) is 19.6 Å². The second kappa shape index (κ2) is 5.00. The normalized spacial score (nSPS) is 14.0. The quantitative estimate of drug-likeness (QED) is 0.440. The van der Waals surface area contributed by atoms with Crippen LogP contribution in [0.3, 0.4) is 0 Å². The van der Waals surface area contributed by atoms with Crippen molar-refractivity contribution in [1.82, 2.24) is 0 Å². The third-order valence-corrected chi connectivity index (χ3v) is 6.98. The molecule has 1 nitrogen and oxygen atoms in total. The molecule has 1 rings (SSSR count). The van der Waals surface area contributed by atoms with Crippen molar-refractivity contribution in [2.75, 3.05) is 7.11 Å². The fourth-order valence-corrected chi connectivity index (χ4v) is 4.39. The van der Waals surface area contributed by atoms with E-state index in [0.29, 0.717) is 5.06 Å². The van der Waals surface area contributed by atoms with Gasteiger partial charge in [0.2, 0.25) is 0 Å². The van der Waals surface area contributed by atoms with Gasteiger partial charge in [-0.3, -0.25) is 0 Å². The number of thioether (sulfide) groups is 1. The molecule has 0 radical (unpaired) electrons. The summed E-state index contributed by atoms with van der Waals surface area (Å²) in [6, 6.07) is 10.5. The summed E-state index contributed by atoms with van der Waals surface area (Å²) in [4.78, 5) is 1.29. The van der Waals surface area contributed by atoms with Crippen molar-refractivity contribution in [3.05, 3.63) is 30.3 Å². The molecule has 1 aromatic rings. The van der Waals surface area contributed by atoms with Crippen molar-refractivity contribution in [2.24, 2.45) is 0 Å². The Labute approximate surface area is 91.9 Å². The van der Waals surface area contributed by atoms with Crippen LogP contribution >= 0.6 is 11.8 Å². The zero-order valence-electron chi connectivity index (χ0n) is 9.28. The predicted octanol–water partition coefficient (Wildman–Crippen LogP) is 3.63. The highest BCUT2D eigenvalue weighted by molar-refractivity contribution is 8.01. The van der Waals surface area contributed by atoms with Crippen LogP contribution in [-0.4, -0.2) is 20.2 Å². The van der Waals surface area contributed by atoms with Crippen molar-refractivity contribution in [2.45, 2.75) is 29.6 Å². The van der Waals surface area contributed by atoms with Gasteiger partial charge in [0.15, 0.2) is 0 Å². The highest BCUT2D eigenvalue weighted by Crippen LogP contribution is 2.29. The van der Waals surface area contributed by atoms with E-state index in [4.69, 9.17) is 4.74 Å². The van der Waals surface area contributed by atoms with E-state index in [-0.39, 0.29) is 0 Å². The SMILES string of the molecule is COC(Sc1ccccc1)[Si](C)(C)C. The molecule has 0 saturated carbocycles. The summed E-state index contributed by atoms with van der Waals surface area (Å²) in [7, 11) is 0.576. The molecule has 0 amide bonds. The molecule has 0 N–H and O–H groups in total. The van der Waals surface area contributed by atoms with Gasteiger partial charge in [0.05, 0.1) is 13.1 Å². The van der Waals surface area contributed by atoms with E-state index in [1.807, 2.05) is 17.8 Å². The van der Waals surface area contributed by atoms with Crippen molar-refractivity contribution in [1.29, 1.82) is 0 Å². The average Bonchev–Trinajstić information content (AvgIpc) is 2.14. The van der Waals surface area contributed by atoms with Crippen LogP contribution in [0.4, 0.5) is 0 Å². The lowest BCUT2D eigenvalue weighted by molar-refractivity contribution is 0.222. The number of rotatable bonds is 4. The van der Waals surface area contributed by atoms with Gasteiger partial charge >= 0.3 is 0 Å². The van der Waals surface area contributed by atoms with Gasteiger partial charge < -0.3 is 4.74 Å². The first-order valence-electron chi connectivity index (χ1n) is 4.78. The van der Waals surface area contributed by atoms with Gasteiger partial charge in [-0.15, -0.1) is 0 Å². The van der Waals surface area contributed by atoms with E-state index in [1.165, 1.54) is 4.90 Å². The number of ether oxygens (including phenoxy) is 1. The molecule has 14 heavy (non-hydrogen) atoms. The molecule has 1 aromatic carbocycles. The summed E-state index contributed by atoms with van der Waals surface area (Å²) in [5.74, 6) is 0. The summed E-state index contributed by atoms with van der Waals surface area (Å²) in [5.41, 5.74) is 0. The van der Waals surface area contributed by atoms with Gasteiger partial charge in [0.1, 0.15) is 0 Å². The molecule has 0 spiro atoms. The molecule has 0 aromatic heterocycles. The van der Waals surface area contributed by atoms with Gasteiger partial charge in [-0.2, -0.15) is 0 Å². The Morgan fingerprint density at radius 1 is 1.14 bits per heavy atom. The molecule has 1 atom stereocenters.